The molecule has 1 saturated carbocycles. The van der Waals surface area contributed by atoms with Crippen molar-refractivity contribution in [1.29, 1.82) is 0 Å². The number of ether oxygens (including phenoxy) is 1. The minimum Gasteiger partial charge on any atom is -0.444 e. The monoisotopic (exact) mass is 312 g/mol. The van der Waals surface area contributed by atoms with Crippen LogP contribution >= 0.6 is 0 Å². The second kappa shape index (κ2) is 6.75. The lowest BCUT2D eigenvalue weighted by atomic mass is 9.80. The average molecular weight is 312 g/mol. The van der Waals surface area contributed by atoms with Crippen molar-refractivity contribution in [3.05, 3.63) is 0 Å². The summed E-state index contributed by atoms with van der Waals surface area (Å²) in [5.74, 6) is 0. The van der Waals surface area contributed by atoms with E-state index in [4.69, 9.17) is 4.74 Å². The molecular weight excluding hydrogens is 280 g/mol. The van der Waals surface area contributed by atoms with Gasteiger partial charge in [-0.3, -0.25) is 0 Å². The Bertz CT molecular complexity index is 388. The van der Waals surface area contributed by atoms with Gasteiger partial charge in [0, 0.05) is 19.1 Å². The number of amides is 1. The SMILES string of the molecule is CC(NCC1(O)CCC1)C1CCCCN1C(=O)OC(C)(C)C. The normalized spacial score (nSPS) is 26.2. The number of nitrogens with zero attached hydrogens (tertiary/aromatic N) is 1. The molecule has 0 spiro atoms. The third-order valence-electron chi connectivity index (χ3n) is 4.79. The van der Waals surface area contributed by atoms with Gasteiger partial charge < -0.3 is 20.1 Å². The van der Waals surface area contributed by atoms with Gasteiger partial charge in [0.25, 0.3) is 0 Å². The molecule has 1 saturated heterocycles. The van der Waals surface area contributed by atoms with Gasteiger partial charge in [0.2, 0.25) is 0 Å². The van der Waals surface area contributed by atoms with E-state index < -0.39 is 11.2 Å². The highest BCUT2D eigenvalue weighted by atomic mass is 16.6. The second-order valence-electron chi connectivity index (χ2n) is 7.98. The molecule has 1 aliphatic heterocycles. The van der Waals surface area contributed by atoms with Crippen LogP contribution in [0.25, 0.3) is 0 Å². The number of aliphatic hydroxyl groups is 1. The van der Waals surface area contributed by atoms with Gasteiger partial charge in [-0.15, -0.1) is 0 Å². The molecule has 0 bridgehead atoms. The summed E-state index contributed by atoms with van der Waals surface area (Å²) in [5.41, 5.74) is -0.990. The number of likely N-dealkylation sites (tertiary alicyclic amines) is 1. The molecule has 2 N–H and O–H groups in total. The molecule has 2 rings (SSSR count). The van der Waals surface area contributed by atoms with Crippen LogP contribution in [0.3, 0.4) is 0 Å². The van der Waals surface area contributed by atoms with Gasteiger partial charge in [0.05, 0.1) is 11.6 Å². The van der Waals surface area contributed by atoms with Gasteiger partial charge in [0.1, 0.15) is 5.60 Å². The maximum absolute atomic E-state index is 12.4. The van der Waals surface area contributed by atoms with Gasteiger partial charge in [-0.25, -0.2) is 4.79 Å². The maximum Gasteiger partial charge on any atom is 0.410 e. The van der Waals surface area contributed by atoms with Crippen molar-refractivity contribution in [1.82, 2.24) is 10.2 Å². The third kappa shape index (κ3) is 4.59. The highest BCUT2D eigenvalue weighted by molar-refractivity contribution is 5.68. The summed E-state index contributed by atoms with van der Waals surface area (Å²) in [5, 5.41) is 13.7. The molecule has 0 aromatic rings. The molecule has 2 unspecified atom stereocenters. The van der Waals surface area contributed by atoms with E-state index in [0.717, 1.165) is 45.1 Å². The number of nitrogens with one attached hydrogen (secondary N) is 1. The molecule has 2 atom stereocenters. The van der Waals surface area contributed by atoms with Crippen LogP contribution in [0.2, 0.25) is 0 Å². The van der Waals surface area contributed by atoms with E-state index in [-0.39, 0.29) is 18.2 Å². The fourth-order valence-electron chi connectivity index (χ4n) is 3.27. The molecule has 2 fully saturated rings. The van der Waals surface area contributed by atoms with Crippen LogP contribution in [0, 0.1) is 0 Å². The van der Waals surface area contributed by atoms with Gasteiger partial charge in [-0.1, -0.05) is 0 Å². The lowest BCUT2D eigenvalue weighted by molar-refractivity contribution is -0.0364. The van der Waals surface area contributed by atoms with E-state index in [0.29, 0.717) is 6.54 Å². The van der Waals surface area contributed by atoms with E-state index >= 15 is 0 Å². The largest absolute Gasteiger partial charge is 0.444 e. The second-order valence-corrected chi connectivity index (χ2v) is 7.98. The summed E-state index contributed by atoms with van der Waals surface area (Å²) < 4.78 is 5.55. The van der Waals surface area contributed by atoms with Crippen LogP contribution in [0.15, 0.2) is 0 Å². The highest BCUT2D eigenvalue weighted by Crippen LogP contribution is 2.31. The first kappa shape index (κ1) is 17.5. The third-order valence-corrected chi connectivity index (χ3v) is 4.79. The quantitative estimate of drug-likeness (QED) is 0.838. The summed E-state index contributed by atoms with van der Waals surface area (Å²) >= 11 is 0. The van der Waals surface area contributed by atoms with E-state index in [9.17, 15) is 9.90 Å². The zero-order chi connectivity index (χ0) is 16.4. The molecule has 128 valence electrons. The molecule has 2 aliphatic rings. The van der Waals surface area contributed by atoms with Crippen LogP contribution in [0.4, 0.5) is 4.79 Å². The predicted molar refractivity (Wildman–Crippen MR) is 86.8 cm³/mol. The number of hydrogen-bond acceptors (Lipinski definition) is 4. The van der Waals surface area contributed by atoms with Crippen molar-refractivity contribution in [3.63, 3.8) is 0 Å². The van der Waals surface area contributed by atoms with Gasteiger partial charge in [-0.05, 0) is 66.2 Å². The van der Waals surface area contributed by atoms with E-state index in [2.05, 4.69) is 12.2 Å². The van der Waals surface area contributed by atoms with Crippen molar-refractivity contribution in [2.75, 3.05) is 13.1 Å². The number of hydrogen-bond donors (Lipinski definition) is 2. The minimum absolute atomic E-state index is 0.146. The lowest BCUT2D eigenvalue weighted by Crippen LogP contribution is -2.57. The average Bonchev–Trinajstić information content (AvgIpc) is 2.41. The molecule has 22 heavy (non-hydrogen) atoms. The molecular formula is C17H32N2O3. The van der Waals surface area contributed by atoms with Crippen molar-refractivity contribution in [2.45, 2.75) is 89.5 Å². The Morgan fingerprint density at radius 1 is 1.36 bits per heavy atom. The molecule has 1 amide bonds. The first-order valence-electron chi connectivity index (χ1n) is 8.66. The van der Waals surface area contributed by atoms with E-state index in [1.54, 1.807) is 0 Å². The predicted octanol–water partition coefficient (Wildman–Crippen LogP) is 2.67. The summed E-state index contributed by atoms with van der Waals surface area (Å²) in [6.45, 7) is 9.19. The fourth-order valence-corrected chi connectivity index (χ4v) is 3.27. The molecule has 1 heterocycles. The number of rotatable bonds is 4. The van der Waals surface area contributed by atoms with Crippen LogP contribution in [-0.2, 0) is 4.74 Å². The minimum atomic E-state index is -0.528. The highest BCUT2D eigenvalue weighted by Gasteiger charge is 2.37. The van der Waals surface area contributed by atoms with Gasteiger partial charge >= 0.3 is 6.09 Å². The van der Waals surface area contributed by atoms with Crippen LogP contribution in [-0.4, -0.2) is 52.5 Å². The Morgan fingerprint density at radius 3 is 2.59 bits per heavy atom. The Morgan fingerprint density at radius 2 is 2.05 bits per heavy atom. The fraction of sp³-hybridized carbons (Fsp3) is 0.941. The first-order chi connectivity index (χ1) is 10.2. The van der Waals surface area contributed by atoms with Gasteiger partial charge in [0.15, 0.2) is 0 Å². The summed E-state index contributed by atoms with van der Waals surface area (Å²) in [7, 11) is 0. The molecule has 5 heteroatoms. The van der Waals surface area contributed by atoms with Crippen molar-refractivity contribution in [2.24, 2.45) is 0 Å². The summed E-state index contributed by atoms with van der Waals surface area (Å²) in [6.07, 6.45) is 5.83. The zero-order valence-corrected chi connectivity index (χ0v) is 14.5. The van der Waals surface area contributed by atoms with Crippen molar-refractivity contribution in [3.8, 4) is 0 Å². The molecule has 0 aromatic carbocycles. The molecule has 5 nitrogen and oxygen atoms in total. The standard InChI is InChI=1S/C17H32N2O3/c1-13(18-12-17(21)9-7-10-17)14-8-5-6-11-19(14)15(20)22-16(2,3)4/h13-14,18,21H,5-12H2,1-4H3. The number of carbonyl (C=O) groups is 1. The Hall–Kier alpha value is -0.810. The van der Waals surface area contributed by atoms with Crippen molar-refractivity contribution >= 4 is 6.09 Å². The van der Waals surface area contributed by atoms with Crippen LogP contribution in [0.1, 0.15) is 66.2 Å². The lowest BCUT2D eigenvalue weighted by Gasteiger charge is -2.42. The van der Waals surface area contributed by atoms with Crippen molar-refractivity contribution < 1.29 is 14.6 Å². The topological polar surface area (TPSA) is 61.8 Å². The van der Waals surface area contributed by atoms with Crippen LogP contribution in [0.5, 0.6) is 0 Å². The van der Waals surface area contributed by atoms with Crippen LogP contribution < -0.4 is 5.32 Å². The smallest absolute Gasteiger partial charge is 0.410 e. The zero-order valence-electron chi connectivity index (χ0n) is 14.5. The Balaban J connectivity index is 1.91. The summed E-state index contributed by atoms with van der Waals surface area (Å²) in [6, 6.07) is 0.310. The van der Waals surface area contributed by atoms with E-state index in [1.165, 1.54) is 0 Å². The Kier molecular flexibility index (Phi) is 5.38. The molecule has 1 aliphatic carbocycles. The van der Waals surface area contributed by atoms with Gasteiger partial charge in [-0.2, -0.15) is 0 Å². The van der Waals surface area contributed by atoms with E-state index in [1.807, 2.05) is 25.7 Å². The summed E-state index contributed by atoms with van der Waals surface area (Å²) in [4.78, 5) is 14.3. The Labute approximate surface area is 134 Å². The maximum atomic E-state index is 12.4. The number of carbonyl (C=O) groups excluding carboxylic acids is 1. The molecule has 0 radical (unpaired) electrons. The first-order valence-corrected chi connectivity index (χ1v) is 8.66. The number of piperidine rings is 1. The molecule has 0 aromatic heterocycles.